The predicted molar refractivity (Wildman–Crippen MR) is 76.5 cm³/mol. The third-order valence-electron chi connectivity index (χ3n) is 3.41. The quantitative estimate of drug-likeness (QED) is 0.490. The second-order valence-electron chi connectivity index (χ2n) is 4.61. The number of hydrogen-bond donors (Lipinski definition) is 3. The van der Waals surface area contributed by atoms with E-state index in [4.69, 9.17) is 10.9 Å². The lowest BCUT2D eigenvalue weighted by Gasteiger charge is -2.33. The van der Waals surface area contributed by atoms with Crippen molar-refractivity contribution in [1.29, 1.82) is 0 Å². The van der Waals surface area contributed by atoms with Crippen LogP contribution in [-0.4, -0.2) is 62.1 Å². The van der Waals surface area contributed by atoms with Crippen molar-refractivity contribution >= 4 is 15.7 Å². The Kier molecular flexibility index (Phi) is 4.95. The number of anilines is 1. The summed E-state index contributed by atoms with van der Waals surface area (Å²) in [6.45, 7) is 2.75. The Balaban J connectivity index is 2.16. The van der Waals surface area contributed by atoms with Crippen LogP contribution in [0.15, 0.2) is 29.2 Å². The lowest BCUT2D eigenvalue weighted by Crippen LogP contribution is -2.49. The normalized spacial score (nSPS) is 18.1. The summed E-state index contributed by atoms with van der Waals surface area (Å²) in [6.07, 6.45) is 0. The Morgan fingerprint density at radius 3 is 2.45 bits per heavy atom. The van der Waals surface area contributed by atoms with E-state index in [2.05, 4.69) is 5.43 Å². The van der Waals surface area contributed by atoms with Crippen molar-refractivity contribution in [2.45, 2.75) is 4.90 Å². The summed E-state index contributed by atoms with van der Waals surface area (Å²) in [5, 5.41) is 8.89. The number of para-hydroxylation sites is 1. The molecule has 2 rings (SSSR count). The van der Waals surface area contributed by atoms with Crippen LogP contribution >= 0.6 is 0 Å². The van der Waals surface area contributed by atoms with Gasteiger partial charge in [0.05, 0.1) is 12.3 Å². The van der Waals surface area contributed by atoms with Crippen molar-refractivity contribution < 1.29 is 13.5 Å². The van der Waals surface area contributed by atoms with E-state index < -0.39 is 10.0 Å². The maximum absolute atomic E-state index is 12.6. The van der Waals surface area contributed by atoms with E-state index >= 15 is 0 Å². The molecule has 1 saturated heterocycles. The fraction of sp³-hybridized carbons (Fsp3) is 0.500. The van der Waals surface area contributed by atoms with Gasteiger partial charge in [-0.2, -0.15) is 4.31 Å². The zero-order valence-electron chi connectivity index (χ0n) is 11.2. The highest BCUT2D eigenvalue weighted by molar-refractivity contribution is 7.89. The number of benzene rings is 1. The molecule has 0 amide bonds. The topological polar surface area (TPSA) is 98.9 Å². The standard InChI is InChI=1S/C12H20N4O3S/c13-14-11-3-1-2-4-12(11)20(18,19)16-7-5-15(6-8-16)9-10-17/h1-4,14,17H,5-10,13H2. The van der Waals surface area contributed by atoms with E-state index in [1.54, 1.807) is 24.3 Å². The van der Waals surface area contributed by atoms with Crippen molar-refractivity contribution in [2.75, 3.05) is 44.8 Å². The van der Waals surface area contributed by atoms with Gasteiger partial charge >= 0.3 is 0 Å². The molecule has 1 aromatic rings. The van der Waals surface area contributed by atoms with Gasteiger partial charge in [0.1, 0.15) is 4.90 Å². The second-order valence-corrected chi connectivity index (χ2v) is 6.52. The number of nitrogens with one attached hydrogen (secondary N) is 1. The van der Waals surface area contributed by atoms with Gasteiger partial charge < -0.3 is 10.5 Å². The molecule has 20 heavy (non-hydrogen) atoms. The van der Waals surface area contributed by atoms with E-state index in [0.717, 1.165) is 0 Å². The van der Waals surface area contributed by atoms with Crippen LogP contribution in [0.2, 0.25) is 0 Å². The molecule has 0 bridgehead atoms. The number of nitrogens with zero attached hydrogens (tertiary/aromatic N) is 2. The zero-order chi connectivity index (χ0) is 14.6. The van der Waals surface area contributed by atoms with E-state index in [1.807, 2.05) is 4.90 Å². The molecule has 0 aliphatic carbocycles. The number of piperazine rings is 1. The molecule has 0 unspecified atom stereocenters. The van der Waals surface area contributed by atoms with Gasteiger partial charge in [-0.1, -0.05) is 12.1 Å². The van der Waals surface area contributed by atoms with E-state index in [0.29, 0.717) is 38.4 Å². The van der Waals surface area contributed by atoms with E-state index in [9.17, 15) is 8.42 Å². The fourth-order valence-corrected chi connectivity index (χ4v) is 3.86. The summed E-state index contributed by atoms with van der Waals surface area (Å²) in [4.78, 5) is 2.23. The van der Waals surface area contributed by atoms with Crippen LogP contribution in [0.3, 0.4) is 0 Å². The monoisotopic (exact) mass is 300 g/mol. The summed E-state index contributed by atoms with van der Waals surface area (Å²) in [6, 6.07) is 6.59. The summed E-state index contributed by atoms with van der Waals surface area (Å²) in [5.74, 6) is 5.37. The molecular formula is C12H20N4O3S. The molecular weight excluding hydrogens is 280 g/mol. The number of β-amino-alcohol motifs (C(OH)–C–C–N with tert-alkyl or cyclic N) is 1. The minimum Gasteiger partial charge on any atom is -0.395 e. The molecule has 0 aromatic heterocycles. The van der Waals surface area contributed by atoms with Crippen molar-refractivity contribution in [3.63, 3.8) is 0 Å². The highest BCUT2D eigenvalue weighted by Crippen LogP contribution is 2.24. The molecule has 1 fully saturated rings. The van der Waals surface area contributed by atoms with Gasteiger partial charge in [0, 0.05) is 32.7 Å². The number of sulfonamides is 1. The second kappa shape index (κ2) is 6.51. The SMILES string of the molecule is NNc1ccccc1S(=O)(=O)N1CCN(CCO)CC1. The molecule has 1 aromatic carbocycles. The molecule has 112 valence electrons. The van der Waals surface area contributed by atoms with Gasteiger partial charge in [0.15, 0.2) is 0 Å². The maximum Gasteiger partial charge on any atom is 0.245 e. The number of rotatable bonds is 5. The van der Waals surface area contributed by atoms with Crippen LogP contribution in [-0.2, 0) is 10.0 Å². The fourth-order valence-electron chi connectivity index (χ4n) is 2.28. The molecule has 4 N–H and O–H groups in total. The predicted octanol–water partition coefficient (Wildman–Crippen LogP) is -0.729. The molecule has 0 saturated carbocycles. The smallest absolute Gasteiger partial charge is 0.245 e. The molecule has 0 spiro atoms. The Morgan fingerprint density at radius 1 is 1.20 bits per heavy atom. The molecule has 8 heteroatoms. The van der Waals surface area contributed by atoms with Crippen LogP contribution in [0.1, 0.15) is 0 Å². The zero-order valence-corrected chi connectivity index (χ0v) is 12.0. The number of aliphatic hydroxyl groups is 1. The van der Waals surface area contributed by atoms with Crippen LogP contribution in [0.4, 0.5) is 5.69 Å². The van der Waals surface area contributed by atoms with E-state index in [-0.39, 0.29) is 11.5 Å². The summed E-state index contributed by atoms with van der Waals surface area (Å²) < 4.78 is 26.6. The lowest BCUT2D eigenvalue weighted by atomic mass is 10.3. The van der Waals surface area contributed by atoms with Gasteiger partial charge in [0.2, 0.25) is 10.0 Å². The maximum atomic E-state index is 12.6. The van der Waals surface area contributed by atoms with Crippen LogP contribution < -0.4 is 11.3 Å². The Labute approximate surface area is 119 Å². The first-order chi connectivity index (χ1) is 9.59. The minimum atomic E-state index is -3.54. The van der Waals surface area contributed by atoms with Gasteiger partial charge in [-0.25, -0.2) is 8.42 Å². The highest BCUT2D eigenvalue weighted by atomic mass is 32.2. The molecule has 0 atom stereocenters. The first-order valence-corrected chi connectivity index (χ1v) is 7.92. The number of nitrogens with two attached hydrogens (primary N) is 1. The number of nitrogen functional groups attached to an aromatic ring is 1. The first kappa shape index (κ1) is 15.2. The summed E-state index contributed by atoms with van der Waals surface area (Å²) >= 11 is 0. The van der Waals surface area contributed by atoms with E-state index in [1.165, 1.54) is 4.31 Å². The molecule has 0 radical (unpaired) electrons. The Morgan fingerprint density at radius 2 is 1.85 bits per heavy atom. The first-order valence-electron chi connectivity index (χ1n) is 6.48. The number of aliphatic hydroxyl groups excluding tert-OH is 1. The summed E-state index contributed by atoms with van der Waals surface area (Å²) in [5.41, 5.74) is 2.81. The minimum absolute atomic E-state index is 0.0900. The van der Waals surface area contributed by atoms with Crippen molar-refractivity contribution in [3.05, 3.63) is 24.3 Å². The average Bonchev–Trinajstić information content (AvgIpc) is 2.48. The number of hydrazine groups is 1. The van der Waals surface area contributed by atoms with Gasteiger partial charge in [-0.3, -0.25) is 10.7 Å². The van der Waals surface area contributed by atoms with Crippen molar-refractivity contribution in [2.24, 2.45) is 5.84 Å². The highest BCUT2D eigenvalue weighted by Gasteiger charge is 2.29. The Hall–Kier alpha value is -1.19. The van der Waals surface area contributed by atoms with Crippen LogP contribution in [0.25, 0.3) is 0 Å². The molecule has 7 nitrogen and oxygen atoms in total. The van der Waals surface area contributed by atoms with Crippen LogP contribution in [0, 0.1) is 0 Å². The molecule has 1 aliphatic heterocycles. The van der Waals surface area contributed by atoms with Gasteiger partial charge in [0.25, 0.3) is 0 Å². The largest absolute Gasteiger partial charge is 0.395 e. The molecule has 1 heterocycles. The average molecular weight is 300 g/mol. The van der Waals surface area contributed by atoms with Crippen LogP contribution in [0.5, 0.6) is 0 Å². The molecule has 1 aliphatic rings. The summed E-state index contributed by atoms with van der Waals surface area (Å²) in [7, 11) is -3.54. The third-order valence-corrected chi connectivity index (χ3v) is 5.36. The van der Waals surface area contributed by atoms with Gasteiger partial charge in [-0.05, 0) is 12.1 Å². The van der Waals surface area contributed by atoms with Crippen molar-refractivity contribution in [3.8, 4) is 0 Å². The lowest BCUT2D eigenvalue weighted by molar-refractivity contribution is 0.151. The Bertz CT molecular complexity index is 541. The number of hydrogen-bond acceptors (Lipinski definition) is 6. The third kappa shape index (κ3) is 3.10. The van der Waals surface area contributed by atoms with Gasteiger partial charge in [-0.15, -0.1) is 0 Å². The van der Waals surface area contributed by atoms with Crippen molar-refractivity contribution in [1.82, 2.24) is 9.21 Å².